The van der Waals surface area contributed by atoms with E-state index in [0.717, 1.165) is 5.69 Å². The zero-order valence-corrected chi connectivity index (χ0v) is 20.3. The van der Waals surface area contributed by atoms with Crippen LogP contribution in [-0.2, 0) is 4.74 Å². The van der Waals surface area contributed by atoms with Crippen molar-refractivity contribution in [3.05, 3.63) is 64.7 Å². The summed E-state index contributed by atoms with van der Waals surface area (Å²) in [6.45, 7) is 8.41. The van der Waals surface area contributed by atoms with E-state index in [4.69, 9.17) is 4.74 Å². The first-order chi connectivity index (χ1) is 16.6. The summed E-state index contributed by atoms with van der Waals surface area (Å²) < 4.78 is 23.4. The lowest BCUT2D eigenvalue weighted by molar-refractivity contribution is 0.0187. The number of hydrogen-bond acceptors (Lipinski definition) is 5. The molecule has 4 aromatic rings. The number of likely N-dealkylation sites (tertiary alicyclic amines) is 1. The first-order valence-electron chi connectivity index (χ1n) is 11.7. The summed E-state index contributed by atoms with van der Waals surface area (Å²) in [5.41, 5.74) is 2.07. The lowest BCUT2D eigenvalue weighted by Gasteiger charge is -2.34. The Labute approximate surface area is 202 Å². The quantitative estimate of drug-likeness (QED) is 0.417. The third-order valence-corrected chi connectivity index (χ3v) is 6.21. The summed E-state index contributed by atoms with van der Waals surface area (Å²) >= 11 is 0. The van der Waals surface area contributed by atoms with Gasteiger partial charge < -0.3 is 18.6 Å². The van der Waals surface area contributed by atoms with E-state index in [0.29, 0.717) is 48.1 Å². The van der Waals surface area contributed by atoms with Crippen molar-refractivity contribution in [2.24, 2.45) is 0 Å². The van der Waals surface area contributed by atoms with E-state index in [9.17, 15) is 14.0 Å². The molecule has 4 aromatic heterocycles. The number of rotatable bonds is 2. The number of imidazole rings is 1. The molecule has 0 bridgehead atoms. The van der Waals surface area contributed by atoms with Gasteiger partial charge in [-0.25, -0.2) is 19.2 Å². The van der Waals surface area contributed by atoms with Crippen molar-refractivity contribution < 1.29 is 13.9 Å². The molecule has 9 heteroatoms. The topological polar surface area (TPSA) is 81.7 Å². The van der Waals surface area contributed by atoms with E-state index in [1.54, 1.807) is 44.6 Å². The highest BCUT2D eigenvalue weighted by molar-refractivity contribution is 5.80. The van der Waals surface area contributed by atoms with E-state index < -0.39 is 11.4 Å². The first kappa shape index (κ1) is 23.0. The summed E-state index contributed by atoms with van der Waals surface area (Å²) in [5, 5.41) is 0.505. The monoisotopic (exact) mass is 477 g/mol. The van der Waals surface area contributed by atoms with Gasteiger partial charge in [0, 0.05) is 43.3 Å². The Morgan fingerprint density at radius 2 is 1.86 bits per heavy atom. The van der Waals surface area contributed by atoms with Crippen molar-refractivity contribution in [1.29, 1.82) is 0 Å². The highest BCUT2D eigenvalue weighted by Gasteiger charge is 2.28. The molecule has 1 amide bonds. The Hall–Kier alpha value is -3.75. The number of nitrogens with zero attached hydrogens (tertiary/aromatic N) is 5. The molecule has 0 N–H and O–H groups in total. The molecule has 0 atom stereocenters. The molecule has 0 unspecified atom stereocenters. The van der Waals surface area contributed by atoms with Gasteiger partial charge >= 0.3 is 6.09 Å². The van der Waals surface area contributed by atoms with Crippen LogP contribution >= 0.6 is 0 Å². The number of aryl methyl sites for hydroxylation is 1. The standard InChI is InChI=1S/C26H28FN5O3/c1-16-14-31-15-17(13-20(27)23(31)28-16)21-6-5-19-22(29-21)9-12-32(24(19)33)18-7-10-30(11-8-18)25(34)35-26(2,3)4/h5-6,9,12-15,18H,7-8,10-11H2,1-4H3. The minimum absolute atomic E-state index is 0.00810. The Bertz CT molecular complexity index is 1490. The first-order valence-corrected chi connectivity index (χ1v) is 11.7. The third kappa shape index (κ3) is 4.50. The fourth-order valence-corrected chi connectivity index (χ4v) is 4.56. The SMILES string of the molecule is Cc1cn2cc(-c3ccc4c(=O)n(C5CCN(C(=O)OC(C)(C)C)CC5)ccc4n3)cc(F)c2n1. The summed E-state index contributed by atoms with van der Waals surface area (Å²) in [4.78, 5) is 36.1. The van der Waals surface area contributed by atoms with E-state index in [2.05, 4.69) is 9.97 Å². The molecule has 35 heavy (non-hydrogen) atoms. The Morgan fingerprint density at radius 3 is 2.57 bits per heavy atom. The molecular formula is C26H28FN5O3. The van der Waals surface area contributed by atoms with Crippen molar-refractivity contribution in [2.75, 3.05) is 13.1 Å². The molecule has 0 saturated carbocycles. The molecule has 0 spiro atoms. The van der Waals surface area contributed by atoms with Gasteiger partial charge in [-0.2, -0.15) is 0 Å². The molecule has 0 radical (unpaired) electrons. The van der Waals surface area contributed by atoms with Crippen molar-refractivity contribution in [3.8, 4) is 11.3 Å². The second-order valence-electron chi connectivity index (χ2n) is 10.0. The average Bonchev–Trinajstić information content (AvgIpc) is 3.19. The van der Waals surface area contributed by atoms with Crippen LogP contribution in [0, 0.1) is 12.7 Å². The summed E-state index contributed by atoms with van der Waals surface area (Å²) in [6.07, 6.45) is 6.32. The van der Waals surface area contributed by atoms with Crippen LogP contribution in [0.5, 0.6) is 0 Å². The summed E-state index contributed by atoms with van der Waals surface area (Å²) in [7, 11) is 0. The fourth-order valence-electron chi connectivity index (χ4n) is 4.56. The van der Waals surface area contributed by atoms with E-state index in [1.807, 2.05) is 33.8 Å². The minimum Gasteiger partial charge on any atom is -0.444 e. The van der Waals surface area contributed by atoms with Gasteiger partial charge in [-0.15, -0.1) is 0 Å². The lowest BCUT2D eigenvalue weighted by atomic mass is 10.0. The Balaban J connectivity index is 1.39. The molecule has 5 heterocycles. The molecule has 1 aliphatic rings. The van der Waals surface area contributed by atoms with Crippen LogP contribution < -0.4 is 5.56 Å². The second-order valence-corrected chi connectivity index (χ2v) is 10.0. The largest absolute Gasteiger partial charge is 0.444 e. The molecule has 182 valence electrons. The fraction of sp³-hybridized carbons (Fsp3) is 0.385. The van der Waals surface area contributed by atoms with Crippen molar-refractivity contribution >= 4 is 22.6 Å². The lowest BCUT2D eigenvalue weighted by Crippen LogP contribution is -2.43. The molecule has 1 saturated heterocycles. The highest BCUT2D eigenvalue weighted by atomic mass is 19.1. The highest BCUT2D eigenvalue weighted by Crippen LogP contribution is 2.25. The zero-order chi connectivity index (χ0) is 24.9. The van der Waals surface area contributed by atoms with Gasteiger partial charge in [-0.1, -0.05) is 0 Å². The molecule has 1 aliphatic heterocycles. The number of aromatic nitrogens is 4. The van der Waals surface area contributed by atoms with Crippen LogP contribution in [0.15, 0.2) is 47.7 Å². The smallest absolute Gasteiger partial charge is 0.410 e. The molecular weight excluding hydrogens is 449 g/mol. The van der Waals surface area contributed by atoms with E-state index in [1.165, 1.54) is 6.07 Å². The van der Waals surface area contributed by atoms with Gasteiger partial charge in [0.2, 0.25) is 0 Å². The number of carbonyl (C=O) groups excluding carboxylic acids is 1. The van der Waals surface area contributed by atoms with Crippen LogP contribution in [-0.4, -0.2) is 48.6 Å². The van der Waals surface area contributed by atoms with Crippen LogP contribution in [0.2, 0.25) is 0 Å². The predicted octanol–water partition coefficient (Wildman–Crippen LogP) is 4.73. The molecule has 5 rings (SSSR count). The molecule has 0 aliphatic carbocycles. The molecule has 1 fully saturated rings. The summed E-state index contributed by atoms with van der Waals surface area (Å²) in [6, 6.07) is 6.70. The maximum Gasteiger partial charge on any atom is 0.410 e. The predicted molar refractivity (Wildman–Crippen MR) is 131 cm³/mol. The van der Waals surface area contributed by atoms with Crippen molar-refractivity contribution in [1.82, 2.24) is 23.8 Å². The van der Waals surface area contributed by atoms with Crippen LogP contribution in [0.25, 0.3) is 27.8 Å². The van der Waals surface area contributed by atoms with E-state index in [-0.39, 0.29) is 23.3 Å². The number of fused-ring (bicyclic) bond motifs is 2. The third-order valence-electron chi connectivity index (χ3n) is 6.21. The number of hydrogen-bond donors (Lipinski definition) is 0. The van der Waals surface area contributed by atoms with E-state index >= 15 is 0 Å². The number of halogens is 1. The van der Waals surface area contributed by atoms with Crippen molar-refractivity contribution in [2.45, 2.75) is 52.2 Å². The van der Waals surface area contributed by atoms with Crippen LogP contribution in [0.1, 0.15) is 45.3 Å². The number of amides is 1. The van der Waals surface area contributed by atoms with Gasteiger partial charge in [-0.3, -0.25) is 4.79 Å². The van der Waals surface area contributed by atoms with Crippen LogP contribution in [0.4, 0.5) is 9.18 Å². The average molecular weight is 478 g/mol. The number of ether oxygens (including phenoxy) is 1. The van der Waals surface area contributed by atoms with Gasteiger partial charge in [-0.05, 0) is 64.8 Å². The van der Waals surface area contributed by atoms with Gasteiger partial charge in [0.25, 0.3) is 5.56 Å². The Kier molecular flexibility index (Phi) is 5.57. The number of piperidine rings is 1. The maximum atomic E-state index is 14.5. The second kappa shape index (κ2) is 8.48. The van der Waals surface area contributed by atoms with Crippen LogP contribution in [0.3, 0.4) is 0 Å². The summed E-state index contributed by atoms with van der Waals surface area (Å²) in [5.74, 6) is -0.425. The van der Waals surface area contributed by atoms with Gasteiger partial charge in [0.05, 0.1) is 22.3 Å². The maximum absolute atomic E-state index is 14.5. The molecule has 8 nitrogen and oxygen atoms in total. The minimum atomic E-state index is -0.537. The van der Waals surface area contributed by atoms with Gasteiger partial charge in [0.15, 0.2) is 11.5 Å². The van der Waals surface area contributed by atoms with Crippen molar-refractivity contribution in [3.63, 3.8) is 0 Å². The Morgan fingerprint density at radius 1 is 1.11 bits per heavy atom. The number of pyridine rings is 3. The van der Waals surface area contributed by atoms with Gasteiger partial charge in [0.1, 0.15) is 5.60 Å². The zero-order valence-electron chi connectivity index (χ0n) is 20.3. The normalized spacial score (nSPS) is 15.2. The number of carbonyl (C=O) groups is 1. The molecule has 0 aromatic carbocycles.